The molecule has 0 aromatic heterocycles. The average Bonchev–Trinajstić information content (AvgIpc) is 2.85. The van der Waals surface area contributed by atoms with Crippen LogP contribution in [0.2, 0.25) is 0 Å². The van der Waals surface area contributed by atoms with E-state index in [2.05, 4.69) is 0 Å². The lowest BCUT2D eigenvalue weighted by atomic mass is 10.1. The van der Waals surface area contributed by atoms with Crippen LogP contribution in [0.3, 0.4) is 0 Å². The van der Waals surface area contributed by atoms with E-state index < -0.39 is 0 Å². The molecule has 1 saturated carbocycles. The molecule has 0 N–H and O–H groups in total. The molecule has 1 fully saturated rings. The monoisotopic (exact) mass is 180 g/mol. The van der Waals surface area contributed by atoms with Crippen LogP contribution in [0.15, 0.2) is 18.2 Å². The van der Waals surface area contributed by atoms with Crippen LogP contribution in [0, 0.1) is 5.82 Å². The largest absolute Gasteiger partial charge is 0.494 e. The highest BCUT2D eigenvalue weighted by molar-refractivity contribution is 5.33. The van der Waals surface area contributed by atoms with Gasteiger partial charge < -0.3 is 4.74 Å². The first-order chi connectivity index (χ1) is 6.29. The highest BCUT2D eigenvalue weighted by atomic mass is 19.1. The van der Waals surface area contributed by atoms with Gasteiger partial charge in [0, 0.05) is 6.07 Å². The Bertz CT molecular complexity index is 305. The summed E-state index contributed by atoms with van der Waals surface area (Å²) in [5.41, 5.74) is 1.09. The Kier molecular flexibility index (Phi) is 2.21. The van der Waals surface area contributed by atoms with Crippen molar-refractivity contribution in [3.63, 3.8) is 0 Å². The molecule has 1 aliphatic carbocycles. The first-order valence-electron chi connectivity index (χ1n) is 4.73. The van der Waals surface area contributed by atoms with Gasteiger partial charge in [0.1, 0.15) is 11.6 Å². The lowest BCUT2D eigenvalue weighted by Crippen LogP contribution is -1.93. The van der Waals surface area contributed by atoms with Crippen molar-refractivity contribution in [3.8, 4) is 5.75 Å². The molecule has 0 amide bonds. The zero-order valence-electron chi connectivity index (χ0n) is 7.72. The fraction of sp³-hybridized carbons (Fsp3) is 0.455. The number of rotatable bonds is 3. The highest BCUT2D eigenvalue weighted by Gasteiger charge is 2.24. The Labute approximate surface area is 77.5 Å². The molecule has 0 aliphatic heterocycles. The summed E-state index contributed by atoms with van der Waals surface area (Å²) in [5.74, 6) is 1.05. The molecule has 2 heteroatoms. The smallest absolute Gasteiger partial charge is 0.127 e. The fourth-order valence-corrected chi connectivity index (χ4v) is 1.49. The van der Waals surface area contributed by atoms with Gasteiger partial charge in [0.2, 0.25) is 0 Å². The van der Waals surface area contributed by atoms with Crippen molar-refractivity contribution in [2.75, 3.05) is 6.61 Å². The van der Waals surface area contributed by atoms with E-state index in [9.17, 15) is 4.39 Å². The van der Waals surface area contributed by atoms with E-state index in [1.165, 1.54) is 18.9 Å². The fourth-order valence-electron chi connectivity index (χ4n) is 1.49. The summed E-state index contributed by atoms with van der Waals surface area (Å²) in [7, 11) is 0. The van der Waals surface area contributed by atoms with E-state index in [0.717, 1.165) is 5.56 Å². The molecule has 70 valence electrons. The SMILES string of the molecule is CCOc1cc(F)cc(C2CC2)c1. The van der Waals surface area contributed by atoms with Gasteiger partial charge >= 0.3 is 0 Å². The molecule has 2 rings (SSSR count). The van der Waals surface area contributed by atoms with Gasteiger partial charge in [-0.05, 0) is 43.4 Å². The Morgan fingerprint density at radius 1 is 1.38 bits per heavy atom. The van der Waals surface area contributed by atoms with Gasteiger partial charge in [-0.1, -0.05) is 0 Å². The van der Waals surface area contributed by atoms with Gasteiger partial charge in [-0.3, -0.25) is 0 Å². The van der Waals surface area contributed by atoms with Crippen LogP contribution in [0.25, 0.3) is 0 Å². The van der Waals surface area contributed by atoms with Gasteiger partial charge in [0.15, 0.2) is 0 Å². The number of halogens is 1. The predicted molar refractivity (Wildman–Crippen MR) is 49.5 cm³/mol. The van der Waals surface area contributed by atoms with Crippen LogP contribution in [0.1, 0.15) is 31.2 Å². The standard InChI is InChI=1S/C11H13FO/c1-2-13-11-6-9(8-3-4-8)5-10(12)7-11/h5-8H,2-4H2,1H3. The third-order valence-electron chi connectivity index (χ3n) is 2.25. The van der Waals surface area contributed by atoms with Gasteiger partial charge in [-0.15, -0.1) is 0 Å². The van der Waals surface area contributed by atoms with Crippen LogP contribution in [-0.2, 0) is 0 Å². The maximum absolute atomic E-state index is 13.1. The summed E-state index contributed by atoms with van der Waals surface area (Å²) in [6, 6.07) is 5.00. The average molecular weight is 180 g/mol. The second-order valence-corrected chi connectivity index (χ2v) is 3.43. The molecular formula is C11H13FO. The minimum atomic E-state index is -0.187. The van der Waals surface area contributed by atoms with E-state index >= 15 is 0 Å². The minimum Gasteiger partial charge on any atom is -0.494 e. The first kappa shape index (κ1) is 8.54. The van der Waals surface area contributed by atoms with Crippen LogP contribution in [0.5, 0.6) is 5.75 Å². The zero-order valence-corrected chi connectivity index (χ0v) is 7.72. The van der Waals surface area contributed by atoms with E-state index in [0.29, 0.717) is 18.3 Å². The highest BCUT2D eigenvalue weighted by Crippen LogP contribution is 2.41. The van der Waals surface area contributed by atoms with Crippen LogP contribution in [-0.4, -0.2) is 6.61 Å². The molecule has 1 nitrogen and oxygen atoms in total. The number of benzene rings is 1. The van der Waals surface area contributed by atoms with Crippen molar-refractivity contribution in [3.05, 3.63) is 29.6 Å². The first-order valence-corrected chi connectivity index (χ1v) is 4.73. The quantitative estimate of drug-likeness (QED) is 0.694. The molecule has 0 heterocycles. The van der Waals surface area contributed by atoms with Crippen molar-refractivity contribution in [1.82, 2.24) is 0 Å². The molecule has 0 atom stereocenters. The van der Waals surface area contributed by atoms with E-state index in [4.69, 9.17) is 4.74 Å². The minimum absolute atomic E-state index is 0.187. The lowest BCUT2D eigenvalue weighted by molar-refractivity contribution is 0.338. The molecule has 0 bridgehead atoms. The Morgan fingerprint density at radius 2 is 2.15 bits per heavy atom. The van der Waals surface area contributed by atoms with Crippen molar-refractivity contribution in [2.24, 2.45) is 0 Å². The molecule has 1 aliphatic rings. The van der Waals surface area contributed by atoms with E-state index in [1.54, 1.807) is 6.07 Å². The summed E-state index contributed by atoms with van der Waals surface area (Å²) in [6.45, 7) is 2.50. The number of hydrogen-bond donors (Lipinski definition) is 0. The van der Waals surface area contributed by atoms with Crippen molar-refractivity contribution < 1.29 is 9.13 Å². The molecule has 0 saturated heterocycles. The molecule has 0 spiro atoms. The van der Waals surface area contributed by atoms with Crippen LogP contribution < -0.4 is 4.74 Å². The number of hydrogen-bond acceptors (Lipinski definition) is 1. The van der Waals surface area contributed by atoms with Gasteiger partial charge in [0.05, 0.1) is 6.61 Å². The Balaban J connectivity index is 2.25. The molecule has 0 radical (unpaired) electrons. The Hall–Kier alpha value is -1.05. The normalized spacial score (nSPS) is 15.8. The zero-order chi connectivity index (χ0) is 9.26. The second-order valence-electron chi connectivity index (χ2n) is 3.43. The summed E-state index contributed by atoms with van der Waals surface area (Å²) in [6.07, 6.45) is 2.38. The predicted octanol–water partition coefficient (Wildman–Crippen LogP) is 3.10. The van der Waals surface area contributed by atoms with Crippen molar-refractivity contribution in [1.29, 1.82) is 0 Å². The maximum atomic E-state index is 13.1. The third-order valence-corrected chi connectivity index (χ3v) is 2.25. The summed E-state index contributed by atoms with van der Waals surface area (Å²) in [4.78, 5) is 0. The molecular weight excluding hydrogens is 167 g/mol. The topological polar surface area (TPSA) is 9.23 Å². The maximum Gasteiger partial charge on any atom is 0.127 e. The van der Waals surface area contributed by atoms with E-state index in [-0.39, 0.29) is 5.82 Å². The molecule has 13 heavy (non-hydrogen) atoms. The summed E-state index contributed by atoms with van der Waals surface area (Å²) in [5, 5.41) is 0. The van der Waals surface area contributed by atoms with Crippen LogP contribution in [0.4, 0.5) is 4.39 Å². The van der Waals surface area contributed by atoms with Gasteiger partial charge in [-0.2, -0.15) is 0 Å². The summed E-state index contributed by atoms with van der Waals surface area (Å²) >= 11 is 0. The Morgan fingerprint density at radius 3 is 2.77 bits per heavy atom. The van der Waals surface area contributed by atoms with Gasteiger partial charge in [-0.25, -0.2) is 4.39 Å². The number of ether oxygens (including phenoxy) is 1. The van der Waals surface area contributed by atoms with Crippen LogP contribution >= 0.6 is 0 Å². The van der Waals surface area contributed by atoms with Crippen molar-refractivity contribution >= 4 is 0 Å². The van der Waals surface area contributed by atoms with Crippen molar-refractivity contribution in [2.45, 2.75) is 25.7 Å². The third kappa shape index (κ3) is 2.00. The summed E-state index contributed by atoms with van der Waals surface area (Å²) < 4.78 is 18.3. The van der Waals surface area contributed by atoms with Gasteiger partial charge in [0.25, 0.3) is 0 Å². The van der Waals surface area contributed by atoms with E-state index in [1.807, 2.05) is 13.0 Å². The molecule has 0 unspecified atom stereocenters. The molecule has 1 aromatic carbocycles. The second kappa shape index (κ2) is 3.36. The lowest BCUT2D eigenvalue weighted by Gasteiger charge is -2.05. The molecule has 1 aromatic rings.